The summed E-state index contributed by atoms with van der Waals surface area (Å²) < 4.78 is 0.826. The summed E-state index contributed by atoms with van der Waals surface area (Å²) in [5.41, 5.74) is 1.98. The second kappa shape index (κ2) is 6.29. The Kier molecular flexibility index (Phi) is 4.22. The Hall–Kier alpha value is -2.18. The molecule has 1 aromatic heterocycles. The Bertz CT molecular complexity index is 854. The van der Waals surface area contributed by atoms with Crippen molar-refractivity contribution in [3.63, 3.8) is 0 Å². The molecule has 0 saturated heterocycles. The van der Waals surface area contributed by atoms with Gasteiger partial charge in [-0.05, 0) is 36.1 Å². The van der Waals surface area contributed by atoms with Crippen molar-refractivity contribution in [3.05, 3.63) is 63.1 Å². The van der Waals surface area contributed by atoms with E-state index in [-0.39, 0.29) is 10.6 Å². The summed E-state index contributed by atoms with van der Waals surface area (Å²) in [4.78, 5) is 16.1. The minimum absolute atomic E-state index is 0.0966. The summed E-state index contributed by atoms with van der Waals surface area (Å²) in [6, 6.07) is 13.0. The molecule has 0 atom stereocenters. The number of aromatic nitrogens is 1. The van der Waals surface area contributed by atoms with Gasteiger partial charge < -0.3 is 0 Å². The molecule has 110 valence electrons. The Balaban J connectivity index is 1.86. The number of thiazole rings is 1. The van der Waals surface area contributed by atoms with Gasteiger partial charge in [0.25, 0.3) is 5.69 Å². The maximum Gasteiger partial charge on any atom is 0.270 e. The molecule has 0 saturated carbocycles. The molecule has 4 nitrogen and oxygen atoms in total. The number of hydrogen-bond donors (Lipinski definition) is 0. The molecule has 0 N–H and O–H groups in total. The van der Waals surface area contributed by atoms with E-state index in [0.29, 0.717) is 0 Å². The molecule has 0 aliphatic carbocycles. The summed E-state index contributed by atoms with van der Waals surface area (Å²) >= 11 is 3.16. The van der Waals surface area contributed by atoms with Crippen LogP contribution in [-0.2, 0) is 0 Å². The van der Waals surface area contributed by atoms with Gasteiger partial charge in [0.2, 0.25) is 0 Å². The third-order valence-electron chi connectivity index (χ3n) is 3.13. The van der Waals surface area contributed by atoms with Crippen LogP contribution in [0.25, 0.3) is 22.4 Å². The largest absolute Gasteiger partial charge is 0.270 e. The smallest absolute Gasteiger partial charge is 0.258 e. The summed E-state index contributed by atoms with van der Waals surface area (Å²) in [6.07, 6.45) is 5.98. The Morgan fingerprint density at radius 3 is 2.64 bits per heavy atom. The Morgan fingerprint density at radius 2 is 1.95 bits per heavy atom. The van der Waals surface area contributed by atoms with Gasteiger partial charge in [0.05, 0.1) is 15.1 Å². The van der Waals surface area contributed by atoms with Crippen molar-refractivity contribution >= 4 is 51.2 Å². The van der Waals surface area contributed by atoms with E-state index in [1.165, 1.54) is 22.3 Å². The molecule has 0 unspecified atom stereocenters. The lowest BCUT2D eigenvalue weighted by Gasteiger charge is -1.96. The van der Waals surface area contributed by atoms with Gasteiger partial charge >= 0.3 is 0 Å². The van der Waals surface area contributed by atoms with E-state index in [0.717, 1.165) is 20.8 Å². The predicted octanol–water partition coefficient (Wildman–Crippen LogP) is 5.10. The van der Waals surface area contributed by atoms with Gasteiger partial charge in [-0.1, -0.05) is 18.2 Å². The van der Waals surface area contributed by atoms with Crippen LogP contribution in [0.2, 0.25) is 0 Å². The first-order chi connectivity index (χ1) is 10.7. The first-order valence-electron chi connectivity index (χ1n) is 6.53. The molecular weight excluding hydrogens is 316 g/mol. The highest BCUT2D eigenvalue weighted by atomic mass is 32.2. The van der Waals surface area contributed by atoms with Crippen LogP contribution in [0.15, 0.2) is 47.4 Å². The van der Waals surface area contributed by atoms with Crippen molar-refractivity contribution in [2.24, 2.45) is 0 Å². The topological polar surface area (TPSA) is 56.0 Å². The molecule has 0 spiro atoms. The number of hydrogen-bond acceptors (Lipinski definition) is 5. The van der Waals surface area contributed by atoms with Gasteiger partial charge in [-0.3, -0.25) is 10.1 Å². The average molecular weight is 328 g/mol. The van der Waals surface area contributed by atoms with E-state index in [4.69, 9.17) is 0 Å². The van der Waals surface area contributed by atoms with Gasteiger partial charge in [0, 0.05) is 17.0 Å². The van der Waals surface area contributed by atoms with E-state index in [9.17, 15) is 10.1 Å². The van der Waals surface area contributed by atoms with Crippen LogP contribution in [0.1, 0.15) is 10.6 Å². The molecule has 0 bridgehead atoms. The van der Waals surface area contributed by atoms with Crippen LogP contribution in [0, 0.1) is 10.1 Å². The molecule has 2 aromatic carbocycles. The lowest BCUT2D eigenvalue weighted by molar-refractivity contribution is -0.384. The van der Waals surface area contributed by atoms with Crippen LogP contribution in [0.3, 0.4) is 0 Å². The lowest BCUT2D eigenvalue weighted by Crippen LogP contribution is -1.85. The van der Waals surface area contributed by atoms with E-state index in [2.05, 4.69) is 29.2 Å². The van der Waals surface area contributed by atoms with Crippen molar-refractivity contribution in [3.8, 4) is 0 Å². The number of non-ortho nitro benzene ring substituents is 1. The number of thioether (sulfide) groups is 1. The highest BCUT2D eigenvalue weighted by Gasteiger charge is 2.09. The van der Waals surface area contributed by atoms with Crippen molar-refractivity contribution < 1.29 is 4.92 Å². The zero-order valence-corrected chi connectivity index (χ0v) is 13.4. The molecule has 3 aromatic rings. The molecular formula is C16H12N2O2S2. The molecule has 0 fully saturated rings. The Morgan fingerprint density at radius 1 is 1.18 bits per heavy atom. The van der Waals surface area contributed by atoms with Crippen molar-refractivity contribution in [2.75, 3.05) is 6.26 Å². The highest BCUT2D eigenvalue weighted by Crippen LogP contribution is 2.27. The van der Waals surface area contributed by atoms with Gasteiger partial charge in [0.15, 0.2) is 0 Å². The third-order valence-corrected chi connectivity index (χ3v) is 4.86. The van der Waals surface area contributed by atoms with Gasteiger partial charge in [-0.15, -0.1) is 23.1 Å². The maximum atomic E-state index is 10.8. The summed E-state index contributed by atoms with van der Waals surface area (Å²) in [7, 11) is 0. The molecule has 0 radical (unpaired) electrons. The summed E-state index contributed by atoms with van der Waals surface area (Å²) in [6.45, 7) is 0. The van der Waals surface area contributed by atoms with Crippen molar-refractivity contribution in [1.29, 1.82) is 0 Å². The molecule has 1 heterocycles. The van der Waals surface area contributed by atoms with Gasteiger partial charge in [0.1, 0.15) is 5.01 Å². The number of nitrogens with zero attached hydrogens (tertiary/aromatic N) is 2. The van der Waals surface area contributed by atoms with Gasteiger partial charge in [-0.2, -0.15) is 0 Å². The highest BCUT2D eigenvalue weighted by molar-refractivity contribution is 7.98. The van der Waals surface area contributed by atoms with E-state index >= 15 is 0 Å². The van der Waals surface area contributed by atoms with Crippen LogP contribution >= 0.6 is 23.1 Å². The second-order valence-electron chi connectivity index (χ2n) is 4.57. The normalized spacial score (nSPS) is 11.3. The molecule has 0 aliphatic heterocycles. The SMILES string of the molecule is CSc1ccc(/C=C/c2nc3ccc([N+](=O)[O-])cc3s2)cc1. The number of fused-ring (bicyclic) bond motifs is 1. The molecule has 22 heavy (non-hydrogen) atoms. The summed E-state index contributed by atoms with van der Waals surface area (Å²) in [5.74, 6) is 0. The van der Waals surface area contributed by atoms with E-state index < -0.39 is 0 Å². The zero-order valence-electron chi connectivity index (χ0n) is 11.7. The standard InChI is InChI=1S/C16H12N2O2S2/c1-21-13-6-2-11(3-7-13)4-9-16-17-14-8-5-12(18(19)20)10-15(14)22-16/h2-10H,1H3/b9-4+. The van der Waals surface area contributed by atoms with Crippen LogP contribution in [0.4, 0.5) is 5.69 Å². The molecule has 0 aliphatic rings. The molecule has 3 rings (SSSR count). The quantitative estimate of drug-likeness (QED) is 0.380. The minimum Gasteiger partial charge on any atom is -0.258 e. The van der Waals surface area contributed by atoms with Crippen LogP contribution in [0.5, 0.6) is 0 Å². The third kappa shape index (κ3) is 3.18. The van der Waals surface area contributed by atoms with Gasteiger partial charge in [-0.25, -0.2) is 4.98 Å². The Labute approximate surface area is 135 Å². The van der Waals surface area contributed by atoms with Crippen molar-refractivity contribution in [2.45, 2.75) is 4.90 Å². The fourth-order valence-corrected chi connectivity index (χ4v) is 3.31. The van der Waals surface area contributed by atoms with E-state index in [1.807, 2.05) is 18.4 Å². The minimum atomic E-state index is -0.387. The number of benzene rings is 2. The first-order valence-corrected chi connectivity index (χ1v) is 8.57. The first kappa shape index (κ1) is 14.7. The molecule has 6 heteroatoms. The number of nitro benzene ring substituents is 1. The molecule has 0 amide bonds. The van der Waals surface area contributed by atoms with Crippen molar-refractivity contribution in [1.82, 2.24) is 4.98 Å². The van der Waals surface area contributed by atoms with Crippen LogP contribution < -0.4 is 0 Å². The monoisotopic (exact) mass is 328 g/mol. The van der Waals surface area contributed by atoms with Crippen LogP contribution in [-0.4, -0.2) is 16.2 Å². The lowest BCUT2D eigenvalue weighted by atomic mass is 10.2. The fourth-order valence-electron chi connectivity index (χ4n) is 2.00. The number of rotatable bonds is 4. The zero-order chi connectivity index (χ0) is 15.5. The maximum absolute atomic E-state index is 10.8. The van der Waals surface area contributed by atoms with E-state index in [1.54, 1.807) is 23.9 Å². The number of nitro groups is 1. The predicted molar refractivity (Wildman–Crippen MR) is 93.4 cm³/mol. The second-order valence-corrected chi connectivity index (χ2v) is 6.51. The fraction of sp³-hybridized carbons (Fsp3) is 0.0625. The summed E-state index contributed by atoms with van der Waals surface area (Å²) in [5, 5.41) is 11.6. The average Bonchev–Trinajstić information content (AvgIpc) is 2.95.